The van der Waals surface area contributed by atoms with Crippen molar-refractivity contribution in [1.82, 2.24) is 9.91 Å². The minimum absolute atomic E-state index is 0.0326. The zero-order valence-corrected chi connectivity index (χ0v) is 15.5. The summed E-state index contributed by atoms with van der Waals surface area (Å²) in [5.74, 6) is -0.0457. The predicted octanol–water partition coefficient (Wildman–Crippen LogP) is 3.44. The summed E-state index contributed by atoms with van der Waals surface area (Å²) in [7, 11) is 4.06. The molecule has 1 aliphatic carbocycles. The Kier molecular flexibility index (Phi) is 4.78. The van der Waals surface area contributed by atoms with E-state index in [0.717, 1.165) is 42.1 Å². The molecule has 0 aromatic heterocycles. The second kappa shape index (κ2) is 6.71. The maximum absolute atomic E-state index is 13.2. The number of hydrazone groups is 1. The van der Waals surface area contributed by atoms with E-state index in [4.69, 9.17) is 5.10 Å². The summed E-state index contributed by atoms with van der Waals surface area (Å²) in [5, 5.41) is 6.83. The average Bonchev–Trinajstić information content (AvgIpc) is 2.52. The van der Waals surface area contributed by atoms with Gasteiger partial charge in [0.1, 0.15) is 5.82 Å². The van der Waals surface area contributed by atoms with Gasteiger partial charge >= 0.3 is 0 Å². The Hall–Kier alpha value is -2.01. The Morgan fingerprint density at radius 1 is 1.20 bits per heavy atom. The Balaban J connectivity index is 1.96. The maximum Gasteiger partial charge on any atom is 0.161 e. The number of rotatable bonds is 4. The van der Waals surface area contributed by atoms with E-state index in [0.29, 0.717) is 12.8 Å². The SMILES string of the molecule is CN(C)CCN1N=C(c2ccc(F)cc2)CC2=C1CC(C)(C)CC2=O. The van der Waals surface area contributed by atoms with E-state index in [2.05, 4.69) is 18.7 Å². The molecule has 4 nitrogen and oxygen atoms in total. The lowest BCUT2D eigenvalue weighted by Crippen LogP contribution is -2.38. The highest BCUT2D eigenvalue weighted by atomic mass is 19.1. The summed E-state index contributed by atoms with van der Waals surface area (Å²) in [4.78, 5) is 14.9. The van der Waals surface area contributed by atoms with Crippen molar-refractivity contribution < 1.29 is 9.18 Å². The summed E-state index contributed by atoms with van der Waals surface area (Å²) in [6.07, 6.45) is 1.97. The number of hydrogen-bond donors (Lipinski definition) is 0. The predicted molar refractivity (Wildman–Crippen MR) is 97.9 cm³/mol. The van der Waals surface area contributed by atoms with Gasteiger partial charge in [0.2, 0.25) is 0 Å². The van der Waals surface area contributed by atoms with Gasteiger partial charge in [0, 0.05) is 30.7 Å². The molecule has 3 rings (SSSR count). The largest absolute Gasteiger partial charge is 0.308 e. The fourth-order valence-corrected chi connectivity index (χ4v) is 3.46. The van der Waals surface area contributed by atoms with E-state index in [9.17, 15) is 9.18 Å². The van der Waals surface area contributed by atoms with E-state index in [1.807, 2.05) is 19.1 Å². The van der Waals surface area contributed by atoms with Gasteiger partial charge in [0.15, 0.2) is 5.78 Å². The fourth-order valence-electron chi connectivity index (χ4n) is 3.46. The van der Waals surface area contributed by atoms with Crippen molar-refractivity contribution in [3.8, 4) is 0 Å². The first-order chi connectivity index (χ1) is 11.7. The lowest BCUT2D eigenvalue weighted by atomic mass is 9.74. The third-order valence-electron chi connectivity index (χ3n) is 4.80. The van der Waals surface area contributed by atoms with Crippen molar-refractivity contribution in [2.24, 2.45) is 10.5 Å². The maximum atomic E-state index is 13.2. The third kappa shape index (κ3) is 3.98. The van der Waals surface area contributed by atoms with E-state index in [1.165, 1.54) is 12.1 Å². The second-order valence-corrected chi connectivity index (χ2v) is 8.02. The molecular weight excluding hydrogens is 317 g/mol. The summed E-state index contributed by atoms with van der Waals surface area (Å²) < 4.78 is 13.2. The van der Waals surface area contributed by atoms with Crippen molar-refractivity contribution in [3.05, 3.63) is 46.9 Å². The zero-order valence-electron chi connectivity index (χ0n) is 15.5. The molecule has 1 aliphatic heterocycles. The second-order valence-electron chi connectivity index (χ2n) is 8.02. The number of allylic oxidation sites excluding steroid dienone is 2. The Morgan fingerprint density at radius 3 is 2.52 bits per heavy atom. The van der Waals surface area contributed by atoms with E-state index in [1.54, 1.807) is 12.1 Å². The summed E-state index contributed by atoms with van der Waals surface area (Å²) in [6, 6.07) is 6.36. The molecule has 0 unspecified atom stereocenters. The molecule has 0 amide bonds. The molecule has 2 aliphatic rings. The number of nitrogens with zero attached hydrogens (tertiary/aromatic N) is 3. The lowest BCUT2D eigenvalue weighted by Gasteiger charge is -2.39. The molecule has 5 heteroatoms. The molecule has 0 saturated carbocycles. The molecule has 1 aromatic rings. The number of ketones is 1. The van der Waals surface area contributed by atoms with Crippen molar-refractivity contribution in [3.63, 3.8) is 0 Å². The van der Waals surface area contributed by atoms with Crippen LogP contribution in [-0.4, -0.2) is 48.6 Å². The molecule has 0 saturated heterocycles. The van der Waals surface area contributed by atoms with Crippen molar-refractivity contribution in [1.29, 1.82) is 0 Å². The van der Waals surface area contributed by atoms with Crippen molar-refractivity contribution >= 4 is 11.5 Å². The van der Waals surface area contributed by atoms with Crippen LogP contribution in [0.3, 0.4) is 0 Å². The van der Waals surface area contributed by atoms with Crippen molar-refractivity contribution in [2.75, 3.05) is 27.2 Å². The molecular formula is C20H26FN3O. The highest BCUT2D eigenvalue weighted by Gasteiger charge is 2.37. The van der Waals surface area contributed by atoms with Crippen LogP contribution in [0.1, 0.15) is 38.7 Å². The van der Waals surface area contributed by atoms with Crippen LogP contribution in [0.15, 0.2) is 40.6 Å². The topological polar surface area (TPSA) is 35.9 Å². The van der Waals surface area contributed by atoms with E-state index >= 15 is 0 Å². The number of likely N-dealkylation sites (N-methyl/N-ethyl adjacent to an activating group) is 1. The number of Topliss-reactive ketones (excluding diaryl/α,β-unsaturated/α-hetero) is 1. The van der Waals surface area contributed by atoms with Gasteiger partial charge in [-0.25, -0.2) is 4.39 Å². The van der Waals surface area contributed by atoms with Crippen LogP contribution in [0.25, 0.3) is 0 Å². The van der Waals surface area contributed by atoms with Crippen LogP contribution in [0.5, 0.6) is 0 Å². The van der Waals surface area contributed by atoms with Gasteiger partial charge in [0.25, 0.3) is 0 Å². The Labute approximate surface area is 149 Å². The summed E-state index contributed by atoms with van der Waals surface area (Å²) >= 11 is 0. The molecule has 1 heterocycles. The van der Waals surface area contributed by atoms with Crippen molar-refractivity contribution in [2.45, 2.75) is 33.1 Å². The van der Waals surface area contributed by atoms with Gasteiger partial charge in [-0.1, -0.05) is 26.0 Å². The standard InChI is InChI=1S/C20H26FN3O/c1-20(2)12-18-16(19(25)13-20)11-17(14-5-7-15(21)8-6-14)22-24(18)10-9-23(3)4/h5-8H,9-13H2,1-4H3. The smallest absolute Gasteiger partial charge is 0.161 e. The number of carbonyl (C=O) groups is 1. The number of carbonyl (C=O) groups excluding carboxylic acids is 1. The van der Waals surface area contributed by atoms with Crippen LogP contribution in [0.2, 0.25) is 0 Å². The van der Waals surface area contributed by atoms with E-state index < -0.39 is 0 Å². The molecule has 0 spiro atoms. The number of hydrogen-bond acceptors (Lipinski definition) is 4. The lowest BCUT2D eigenvalue weighted by molar-refractivity contribution is -0.118. The minimum atomic E-state index is -0.264. The summed E-state index contributed by atoms with van der Waals surface area (Å²) in [5.41, 5.74) is 3.63. The Bertz CT molecular complexity index is 732. The highest BCUT2D eigenvalue weighted by molar-refractivity contribution is 6.09. The monoisotopic (exact) mass is 343 g/mol. The molecule has 0 atom stereocenters. The zero-order chi connectivity index (χ0) is 18.2. The first-order valence-electron chi connectivity index (χ1n) is 8.76. The fraction of sp³-hybridized carbons (Fsp3) is 0.500. The van der Waals surface area contributed by atoms with Crippen LogP contribution >= 0.6 is 0 Å². The van der Waals surface area contributed by atoms with Gasteiger partial charge in [-0.15, -0.1) is 0 Å². The number of benzene rings is 1. The van der Waals surface area contributed by atoms with Crippen LogP contribution in [-0.2, 0) is 4.79 Å². The molecule has 0 bridgehead atoms. The highest BCUT2D eigenvalue weighted by Crippen LogP contribution is 2.41. The van der Waals surface area contributed by atoms with Gasteiger partial charge in [-0.05, 0) is 43.6 Å². The van der Waals surface area contributed by atoms with Gasteiger partial charge in [-0.3, -0.25) is 9.80 Å². The van der Waals surface area contributed by atoms with Crippen LogP contribution in [0, 0.1) is 11.2 Å². The third-order valence-corrected chi connectivity index (χ3v) is 4.80. The first-order valence-corrected chi connectivity index (χ1v) is 8.76. The quantitative estimate of drug-likeness (QED) is 0.840. The summed E-state index contributed by atoms with van der Waals surface area (Å²) in [6.45, 7) is 5.86. The minimum Gasteiger partial charge on any atom is -0.308 e. The molecule has 0 fully saturated rings. The molecule has 25 heavy (non-hydrogen) atoms. The molecule has 134 valence electrons. The average molecular weight is 343 g/mol. The van der Waals surface area contributed by atoms with Gasteiger partial charge in [0.05, 0.1) is 12.3 Å². The molecule has 0 N–H and O–H groups in total. The van der Waals surface area contributed by atoms with E-state index in [-0.39, 0.29) is 17.0 Å². The van der Waals surface area contributed by atoms with Gasteiger partial charge < -0.3 is 4.90 Å². The van der Waals surface area contributed by atoms with Crippen LogP contribution < -0.4 is 0 Å². The molecule has 0 radical (unpaired) electrons. The number of halogens is 1. The van der Waals surface area contributed by atoms with Crippen LogP contribution in [0.4, 0.5) is 4.39 Å². The molecule has 1 aromatic carbocycles. The van der Waals surface area contributed by atoms with Gasteiger partial charge in [-0.2, -0.15) is 5.10 Å². The Morgan fingerprint density at radius 2 is 1.88 bits per heavy atom. The normalized spacial score (nSPS) is 20.0. The first kappa shape index (κ1) is 17.8.